The lowest BCUT2D eigenvalue weighted by molar-refractivity contribution is 1.18. The Bertz CT molecular complexity index is 280. The normalized spacial score (nSPS) is 24.3. The predicted molar refractivity (Wildman–Crippen MR) is 53.1 cm³/mol. The van der Waals surface area contributed by atoms with Gasteiger partial charge >= 0.3 is 0 Å². The lowest BCUT2D eigenvalue weighted by atomic mass is 10.1. The van der Waals surface area contributed by atoms with E-state index in [2.05, 4.69) is 17.1 Å². The summed E-state index contributed by atoms with van der Waals surface area (Å²) >= 11 is 0. The number of nitrogens with two attached hydrogens (primary N) is 1. The molecule has 2 N–H and O–H groups in total. The van der Waals surface area contributed by atoms with Crippen LogP contribution < -0.4 is 5.73 Å². The largest absolute Gasteiger partial charge is 0.402 e. The van der Waals surface area contributed by atoms with E-state index in [0.717, 1.165) is 23.4 Å². The van der Waals surface area contributed by atoms with Gasteiger partial charge in [-0.05, 0) is 18.6 Å². The molecule has 0 aromatic heterocycles. The van der Waals surface area contributed by atoms with E-state index in [1.54, 1.807) is 7.05 Å². The Kier molecular flexibility index (Phi) is 2.86. The molecule has 0 fully saturated rings. The zero-order chi connectivity index (χ0) is 8.97. The monoisotopic (exact) mass is 162 g/mol. The Morgan fingerprint density at radius 2 is 2.33 bits per heavy atom. The first kappa shape index (κ1) is 8.78. The van der Waals surface area contributed by atoms with Crippen molar-refractivity contribution in [1.29, 1.82) is 0 Å². The molecule has 0 radical (unpaired) electrons. The third-order valence-corrected chi connectivity index (χ3v) is 1.82. The van der Waals surface area contributed by atoms with Crippen LogP contribution in [0.3, 0.4) is 0 Å². The van der Waals surface area contributed by atoms with Crippen molar-refractivity contribution in [2.75, 3.05) is 7.05 Å². The molecular weight excluding hydrogens is 148 g/mol. The lowest BCUT2D eigenvalue weighted by Gasteiger charge is -1.98. The first-order chi connectivity index (χ1) is 5.77. The smallest absolute Gasteiger partial charge is 0.0656 e. The van der Waals surface area contributed by atoms with Crippen molar-refractivity contribution in [2.45, 2.75) is 13.3 Å². The van der Waals surface area contributed by atoms with Gasteiger partial charge in [-0.25, -0.2) is 0 Å². The maximum Gasteiger partial charge on any atom is 0.0656 e. The molecule has 0 saturated heterocycles. The number of rotatable bonds is 0. The van der Waals surface area contributed by atoms with Gasteiger partial charge in [-0.3, -0.25) is 4.99 Å². The number of allylic oxidation sites excluding steroid dienone is 5. The Balaban J connectivity index is 3.07. The summed E-state index contributed by atoms with van der Waals surface area (Å²) in [4.78, 5) is 4.15. The highest BCUT2D eigenvalue weighted by Gasteiger charge is 2.03. The van der Waals surface area contributed by atoms with Gasteiger partial charge < -0.3 is 5.73 Å². The third-order valence-electron chi connectivity index (χ3n) is 1.82. The van der Waals surface area contributed by atoms with Crippen molar-refractivity contribution in [1.82, 2.24) is 0 Å². The molecule has 0 spiro atoms. The Morgan fingerprint density at radius 1 is 1.58 bits per heavy atom. The van der Waals surface area contributed by atoms with Crippen LogP contribution in [0.2, 0.25) is 0 Å². The quantitative estimate of drug-likeness (QED) is 0.579. The topological polar surface area (TPSA) is 38.4 Å². The standard InChI is InChI=1S/C10H14N2/c1-3-8-5-4-6-9(11)7-10(8)12-2/h3-5,7H,6,11H2,1-2H3/b8-3-,12-10?. The highest BCUT2D eigenvalue weighted by Crippen LogP contribution is 2.10. The van der Waals surface area contributed by atoms with Crippen LogP contribution >= 0.6 is 0 Å². The number of hydrogen-bond acceptors (Lipinski definition) is 2. The minimum Gasteiger partial charge on any atom is -0.402 e. The first-order valence-corrected chi connectivity index (χ1v) is 4.04. The van der Waals surface area contributed by atoms with E-state index in [1.165, 1.54) is 0 Å². The summed E-state index contributed by atoms with van der Waals surface area (Å²) in [7, 11) is 1.78. The summed E-state index contributed by atoms with van der Waals surface area (Å²) in [5, 5.41) is 0. The van der Waals surface area contributed by atoms with E-state index >= 15 is 0 Å². The van der Waals surface area contributed by atoms with Crippen LogP contribution in [0.4, 0.5) is 0 Å². The fourth-order valence-electron chi connectivity index (χ4n) is 1.16. The molecule has 0 saturated carbocycles. The first-order valence-electron chi connectivity index (χ1n) is 4.04. The van der Waals surface area contributed by atoms with Crippen LogP contribution in [0.1, 0.15) is 13.3 Å². The summed E-state index contributed by atoms with van der Waals surface area (Å²) in [5.74, 6) is 0. The molecule has 64 valence electrons. The molecule has 0 bridgehead atoms. The fraction of sp³-hybridized carbons (Fsp3) is 0.300. The minimum absolute atomic E-state index is 0.816. The molecule has 0 atom stereocenters. The molecule has 1 aliphatic rings. The van der Waals surface area contributed by atoms with Crippen LogP contribution in [-0.2, 0) is 0 Å². The Labute approximate surface area is 73.2 Å². The van der Waals surface area contributed by atoms with Crippen molar-refractivity contribution in [2.24, 2.45) is 10.7 Å². The van der Waals surface area contributed by atoms with Crippen LogP contribution in [-0.4, -0.2) is 12.8 Å². The molecule has 1 aliphatic carbocycles. The molecule has 0 aliphatic heterocycles. The van der Waals surface area contributed by atoms with E-state index in [4.69, 9.17) is 5.73 Å². The summed E-state index contributed by atoms with van der Waals surface area (Å²) in [5.41, 5.74) is 8.68. The maximum atomic E-state index is 5.72. The van der Waals surface area contributed by atoms with Gasteiger partial charge in [0.05, 0.1) is 5.71 Å². The van der Waals surface area contributed by atoms with Gasteiger partial charge in [0.1, 0.15) is 0 Å². The number of hydrogen-bond donors (Lipinski definition) is 1. The average molecular weight is 162 g/mol. The Morgan fingerprint density at radius 3 is 2.92 bits per heavy atom. The van der Waals surface area contributed by atoms with E-state index in [-0.39, 0.29) is 0 Å². The van der Waals surface area contributed by atoms with Gasteiger partial charge in [0.25, 0.3) is 0 Å². The van der Waals surface area contributed by atoms with Crippen LogP contribution in [0.25, 0.3) is 0 Å². The van der Waals surface area contributed by atoms with Crippen LogP contribution in [0.5, 0.6) is 0 Å². The fourth-order valence-corrected chi connectivity index (χ4v) is 1.16. The lowest BCUT2D eigenvalue weighted by Crippen LogP contribution is -2.01. The summed E-state index contributed by atoms with van der Waals surface area (Å²) in [6.45, 7) is 2.00. The van der Waals surface area contributed by atoms with Crippen molar-refractivity contribution in [3.8, 4) is 0 Å². The molecule has 2 nitrogen and oxygen atoms in total. The molecule has 2 heteroatoms. The predicted octanol–water partition coefficient (Wildman–Crippen LogP) is 1.81. The number of aliphatic imine (C=N–C) groups is 1. The van der Waals surface area contributed by atoms with Crippen LogP contribution in [0.15, 0.2) is 40.6 Å². The molecule has 0 amide bonds. The van der Waals surface area contributed by atoms with Crippen molar-refractivity contribution in [3.63, 3.8) is 0 Å². The second-order valence-corrected chi connectivity index (χ2v) is 2.68. The van der Waals surface area contributed by atoms with Gasteiger partial charge in [-0.15, -0.1) is 0 Å². The zero-order valence-corrected chi connectivity index (χ0v) is 7.54. The van der Waals surface area contributed by atoms with Gasteiger partial charge in [0, 0.05) is 19.2 Å². The molecule has 0 unspecified atom stereocenters. The molecule has 12 heavy (non-hydrogen) atoms. The molecular formula is C10H14N2. The van der Waals surface area contributed by atoms with Gasteiger partial charge in [-0.1, -0.05) is 18.2 Å². The molecule has 0 aromatic carbocycles. The summed E-state index contributed by atoms with van der Waals surface area (Å²) in [6.07, 6.45) is 8.89. The molecule has 0 aromatic rings. The molecule has 0 heterocycles. The molecule has 1 rings (SSSR count). The highest BCUT2D eigenvalue weighted by atomic mass is 14.7. The highest BCUT2D eigenvalue weighted by molar-refractivity contribution is 6.10. The van der Waals surface area contributed by atoms with E-state index in [1.807, 2.05) is 19.1 Å². The van der Waals surface area contributed by atoms with Gasteiger partial charge in [-0.2, -0.15) is 0 Å². The zero-order valence-electron chi connectivity index (χ0n) is 7.54. The van der Waals surface area contributed by atoms with Crippen molar-refractivity contribution >= 4 is 5.71 Å². The second kappa shape index (κ2) is 3.90. The summed E-state index contributed by atoms with van der Waals surface area (Å²) in [6, 6.07) is 0. The van der Waals surface area contributed by atoms with Crippen LogP contribution in [0, 0.1) is 0 Å². The van der Waals surface area contributed by atoms with Crippen molar-refractivity contribution in [3.05, 3.63) is 35.6 Å². The third kappa shape index (κ3) is 1.84. The van der Waals surface area contributed by atoms with E-state index in [9.17, 15) is 0 Å². The average Bonchev–Trinajstić information content (AvgIpc) is 2.26. The maximum absolute atomic E-state index is 5.72. The van der Waals surface area contributed by atoms with E-state index in [0.29, 0.717) is 0 Å². The van der Waals surface area contributed by atoms with E-state index < -0.39 is 0 Å². The SMILES string of the molecule is C/C=C1/C=CCC(N)=CC1=NC. The number of nitrogens with zero attached hydrogens (tertiary/aromatic N) is 1. The Hall–Kier alpha value is -1.31. The summed E-state index contributed by atoms with van der Waals surface area (Å²) < 4.78 is 0. The van der Waals surface area contributed by atoms with Gasteiger partial charge in [0.2, 0.25) is 0 Å². The van der Waals surface area contributed by atoms with Crippen molar-refractivity contribution < 1.29 is 0 Å². The van der Waals surface area contributed by atoms with Gasteiger partial charge in [0.15, 0.2) is 0 Å². The second-order valence-electron chi connectivity index (χ2n) is 2.68. The minimum atomic E-state index is 0.816.